The van der Waals surface area contributed by atoms with Gasteiger partial charge in [0.2, 0.25) is 0 Å². The van der Waals surface area contributed by atoms with Gasteiger partial charge in [0.15, 0.2) is 0 Å². The third kappa shape index (κ3) is 3.44. The van der Waals surface area contributed by atoms with Crippen LogP contribution in [-0.2, 0) is 9.84 Å². The van der Waals surface area contributed by atoms with Gasteiger partial charge in [-0.15, -0.1) is 0 Å². The van der Waals surface area contributed by atoms with Crippen LogP contribution in [0.2, 0.25) is 0 Å². The molecule has 1 aliphatic heterocycles. The van der Waals surface area contributed by atoms with Crippen molar-refractivity contribution in [3.8, 4) is 0 Å². The maximum Gasteiger partial charge on any atom is 0.150 e. The van der Waals surface area contributed by atoms with Crippen molar-refractivity contribution in [3.63, 3.8) is 0 Å². The summed E-state index contributed by atoms with van der Waals surface area (Å²) in [6.45, 7) is 4.50. The number of rotatable bonds is 2. The molecule has 0 spiro atoms. The van der Waals surface area contributed by atoms with Crippen molar-refractivity contribution < 1.29 is 8.42 Å². The van der Waals surface area contributed by atoms with Crippen molar-refractivity contribution in [2.75, 3.05) is 19.3 Å². The third-order valence-electron chi connectivity index (χ3n) is 4.54. The van der Waals surface area contributed by atoms with Gasteiger partial charge in [0.1, 0.15) is 9.84 Å². The molecule has 4 unspecified atom stereocenters. The van der Waals surface area contributed by atoms with E-state index in [-0.39, 0.29) is 5.25 Å². The third-order valence-corrected chi connectivity index (χ3v) is 6.18. The van der Waals surface area contributed by atoms with Crippen molar-refractivity contribution in [2.24, 2.45) is 17.8 Å². The second kappa shape index (κ2) is 5.27. The fourth-order valence-corrected chi connectivity index (χ4v) is 4.75. The zero-order valence-corrected chi connectivity index (χ0v) is 11.8. The Kier molecular flexibility index (Phi) is 4.14. The average molecular weight is 259 g/mol. The van der Waals surface area contributed by atoms with Gasteiger partial charge in [0, 0.05) is 6.26 Å². The normalized spacial score (nSPS) is 40.1. The van der Waals surface area contributed by atoms with Gasteiger partial charge in [-0.05, 0) is 50.1 Å². The summed E-state index contributed by atoms with van der Waals surface area (Å²) in [5, 5.41) is 3.42. The Balaban J connectivity index is 1.97. The van der Waals surface area contributed by atoms with Crippen molar-refractivity contribution in [2.45, 2.75) is 44.3 Å². The first-order valence-corrected chi connectivity index (χ1v) is 8.82. The highest BCUT2D eigenvalue weighted by atomic mass is 32.2. The molecule has 0 aromatic carbocycles. The van der Waals surface area contributed by atoms with Crippen LogP contribution >= 0.6 is 0 Å². The van der Waals surface area contributed by atoms with E-state index in [1.54, 1.807) is 0 Å². The van der Waals surface area contributed by atoms with Gasteiger partial charge in [-0.3, -0.25) is 0 Å². The topological polar surface area (TPSA) is 46.2 Å². The Labute approximate surface area is 105 Å². The Morgan fingerprint density at radius 1 is 1.06 bits per heavy atom. The molecule has 1 saturated carbocycles. The van der Waals surface area contributed by atoms with Crippen LogP contribution in [0.1, 0.15) is 39.0 Å². The van der Waals surface area contributed by atoms with Crippen molar-refractivity contribution in [1.29, 1.82) is 0 Å². The molecule has 17 heavy (non-hydrogen) atoms. The Morgan fingerprint density at radius 3 is 2.47 bits per heavy atom. The van der Waals surface area contributed by atoms with E-state index in [0.29, 0.717) is 11.8 Å². The second-order valence-corrected chi connectivity index (χ2v) is 8.46. The summed E-state index contributed by atoms with van der Waals surface area (Å²) in [5.74, 6) is 2.06. The lowest BCUT2D eigenvalue weighted by atomic mass is 9.75. The molecule has 0 amide bonds. The smallest absolute Gasteiger partial charge is 0.150 e. The van der Waals surface area contributed by atoms with Crippen LogP contribution in [0.15, 0.2) is 0 Å². The molecule has 0 radical (unpaired) electrons. The molecule has 0 bridgehead atoms. The van der Waals surface area contributed by atoms with Gasteiger partial charge in [0.05, 0.1) is 5.25 Å². The molecule has 1 heterocycles. The van der Waals surface area contributed by atoms with E-state index in [9.17, 15) is 8.42 Å². The molecule has 2 fully saturated rings. The van der Waals surface area contributed by atoms with Crippen molar-refractivity contribution in [1.82, 2.24) is 5.32 Å². The molecule has 1 N–H and O–H groups in total. The largest absolute Gasteiger partial charge is 0.316 e. The van der Waals surface area contributed by atoms with Crippen LogP contribution in [0.25, 0.3) is 0 Å². The summed E-state index contributed by atoms with van der Waals surface area (Å²) < 4.78 is 23.3. The fourth-order valence-electron chi connectivity index (χ4n) is 3.56. The monoisotopic (exact) mass is 259 g/mol. The number of hydrogen-bond donors (Lipinski definition) is 1. The SMILES string of the molecule is CC1CNCC(C2CCCC(S(C)(=O)=O)C2)C1. The second-order valence-electron chi connectivity index (χ2n) is 6.14. The van der Waals surface area contributed by atoms with E-state index in [2.05, 4.69) is 12.2 Å². The zero-order chi connectivity index (χ0) is 12.5. The highest BCUT2D eigenvalue weighted by Crippen LogP contribution is 2.36. The number of nitrogens with one attached hydrogen (secondary N) is 1. The lowest BCUT2D eigenvalue weighted by Gasteiger charge is -2.38. The summed E-state index contributed by atoms with van der Waals surface area (Å²) in [5.41, 5.74) is 0. The zero-order valence-electron chi connectivity index (χ0n) is 11.0. The van der Waals surface area contributed by atoms with E-state index >= 15 is 0 Å². The summed E-state index contributed by atoms with van der Waals surface area (Å²) in [4.78, 5) is 0. The highest BCUT2D eigenvalue weighted by Gasteiger charge is 2.34. The molecule has 0 aromatic rings. The van der Waals surface area contributed by atoms with Crippen molar-refractivity contribution in [3.05, 3.63) is 0 Å². The summed E-state index contributed by atoms with van der Waals surface area (Å²) in [6.07, 6.45) is 6.78. The van der Waals surface area contributed by atoms with E-state index in [1.807, 2.05) is 0 Å². The van der Waals surface area contributed by atoms with Crippen LogP contribution in [0.5, 0.6) is 0 Å². The lowest BCUT2D eigenvalue weighted by molar-refractivity contribution is 0.181. The molecular weight excluding hydrogens is 234 g/mol. The predicted molar refractivity (Wildman–Crippen MR) is 70.7 cm³/mol. The quantitative estimate of drug-likeness (QED) is 0.823. The number of piperidine rings is 1. The summed E-state index contributed by atoms with van der Waals surface area (Å²) in [7, 11) is -2.83. The molecule has 2 rings (SSSR count). The van der Waals surface area contributed by atoms with Gasteiger partial charge in [0.25, 0.3) is 0 Å². The number of hydrogen-bond acceptors (Lipinski definition) is 3. The van der Waals surface area contributed by atoms with Crippen LogP contribution in [-0.4, -0.2) is 33.0 Å². The lowest BCUT2D eigenvalue weighted by Crippen LogP contribution is -2.41. The Hall–Kier alpha value is -0.0900. The number of sulfone groups is 1. The van der Waals surface area contributed by atoms with Crippen LogP contribution in [0.3, 0.4) is 0 Å². The molecule has 3 nitrogen and oxygen atoms in total. The van der Waals surface area contributed by atoms with E-state index < -0.39 is 9.84 Å². The summed E-state index contributed by atoms with van der Waals surface area (Å²) >= 11 is 0. The molecule has 4 atom stereocenters. The van der Waals surface area contributed by atoms with Gasteiger partial charge >= 0.3 is 0 Å². The summed E-state index contributed by atoms with van der Waals surface area (Å²) in [6, 6.07) is 0. The average Bonchev–Trinajstić information content (AvgIpc) is 2.28. The predicted octanol–water partition coefficient (Wildman–Crippen LogP) is 1.84. The Bertz CT molecular complexity index is 352. The van der Waals surface area contributed by atoms with Gasteiger partial charge in [-0.2, -0.15) is 0 Å². The highest BCUT2D eigenvalue weighted by molar-refractivity contribution is 7.91. The van der Waals surface area contributed by atoms with Crippen molar-refractivity contribution >= 4 is 9.84 Å². The minimum Gasteiger partial charge on any atom is -0.316 e. The minimum atomic E-state index is -2.83. The maximum absolute atomic E-state index is 11.7. The standard InChI is InChI=1S/C13H25NO2S/c1-10-6-12(9-14-8-10)11-4-3-5-13(7-11)17(2,15)16/h10-14H,3-9H2,1-2H3. The van der Waals surface area contributed by atoms with Gasteiger partial charge in [-0.25, -0.2) is 8.42 Å². The first-order valence-electron chi connectivity index (χ1n) is 6.86. The first kappa shape index (κ1) is 13.3. The molecule has 1 aliphatic carbocycles. The molecular formula is C13H25NO2S. The van der Waals surface area contributed by atoms with Gasteiger partial charge in [-0.1, -0.05) is 19.8 Å². The van der Waals surface area contributed by atoms with Gasteiger partial charge < -0.3 is 5.32 Å². The van der Waals surface area contributed by atoms with E-state index in [0.717, 1.165) is 38.3 Å². The van der Waals surface area contributed by atoms with Crippen LogP contribution in [0.4, 0.5) is 0 Å². The van der Waals surface area contributed by atoms with E-state index in [4.69, 9.17) is 0 Å². The van der Waals surface area contributed by atoms with E-state index in [1.165, 1.54) is 19.1 Å². The minimum absolute atomic E-state index is 0.0708. The molecule has 100 valence electrons. The van der Waals surface area contributed by atoms with Crippen LogP contribution < -0.4 is 5.32 Å². The Morgan fingerprint density at radius 2 is 1.82 bits per heavy atom. The molecule has 4 heteroatoms. The first-order chi connectivity index (χ1) is 7.97. The maximum atomic E-state index is 11.7. The van der Waals surface area contributed by atoms with Crippen LogP contribution in [0, 0.1) is 17.8 Å². The molecule has 2 aliphatic rings. The molecule has 0 aromatic heterocycles. The molecule has 1 saturated heterocycles. The fraction of sp³-hybridized carbons (Fsp3) is 1.00.